The molecule has 2 heterocycles. The zero-order valence-electron chi connectivity index (χ0n) is 27.6. The maximum atomic E-state index is 13.7. The van der Waals surface area contributed by atoms with Gasteiger partial charge in [-0.05, 0) is 110 Å². The summed E-state index contributed by atoms with van der Waals surface area (Å²) in [5.74, 6) is 0.447. The van der Waals surface area contributed by atoms with E-state index in [0.717, 1.165) is 79.3 Å². The quantitative estimate of drug-likeness (QED) is 0.320. The number of carbonyl (C=O) groups is 2. The second-order valence-electron chi connectivity index (χ2n) is 13.7. The molecule has 5 aliphatic rings. The number of halogens is 1. The van der Waals surface area contributed by atoms with Crippen molar-refractivity contribution in [2.45, 2.75) is 75.2 Å². The van der Waals surface area contributed by atoms with Crippen LogP contribution in [0, 0.1) is 5.92 Å². The minimum Gasteiger partial charge on any atom is -0.446 e. The van der Waals surface area contributed by atoms with Gasteiger partial charge in [-0.2, -0.15) is 0 Å². The number of hydrogen-bond acceptors (Lipinski definition) is 8. The first-order valence-electron chi connectivity index (χ1n) is 17.2. The number of alkyl carbamates (subject to hydrolysis) is 1. The minimum absolute atomic E-state index is 0.0320. The summed E-state index contributed by atoms with van der Waals surface area (Å²) in [6, 6.07) is 8.94. The van der Waals surface area contributed by atoms with E-state index in [1.54, 1.807) is 11.1 Å². The third-order valence-electron chi connectivity index (χ3n) is 10.7. The van der Waals surface area contributed by atoms with Crippen molar-refractivity contribution in [1.82, 2.24) is 25.0 Å². The number of hydrogen-bond donors (Lipinski definition) is 2. The van der Waals surface area contributed by atoms with Crippen molar-refractivity contribution in [3.8, 4) is 0 Å². The van der Waals surface area contributed by atoms with E-state index >= 15 is 0 Å². The average molecular weight is 673 g/mol. The minimum atomic E-state index is -0.688. The molecule has 1 aliphatic heterocycles. The van der Waals surface area contributed by atoms with E-state index in [-0.39, 0.29) is 23.8 Å². The largest absolute Gasteiger partial charge is 0.446 e. The number of nitrogens with two attached hydrogens (primary N) is 1. The van der Waals surface area contributed by atoms with Crippen LogP contribution in [0.15, 0.2) is 61.2 Å². The SMILES string of the molecule is C=CN(C)/C(=C\N)[C@H](NC(=O)OC1(C2CC2)CC1)C1=Cc2cccnc2[C@@H](N2CCN(C(=O)OC3CCCC3)CC2)c2ccc(Cl)cc21. The molecule has 0 unspecified atom stereocenters. The molecule has 3 N–H and O–H groups in total. The van der Waals surface area contributed by atoms with Gasteiger partial charge in [-0.3, -0.25) is 9.88 Å². The number of piperazine rings is 1. The number of nitrogens with one attached hydrogen (secondary N) is 1. The Morgan fingerprint density at radius 1 is 1.15 bits per heavy atom. The molecular formula is C37H45ClN6O4. The summed E-state index contributed by atoms with van der Waals surface area (Å²) in [5, 5.41) is 3.76. The number of pyridine rings is 1. The van der Waals surface area contributed by atoms with Crippen LogP contribution in [0.25, 0.3) is 11.6 Å². The van der Waals surface area contributed by atoms with Crippen molar-refractivity contribution >= 4 is 35.4 Å². The normalized spacial score (nSPS) is 22.8. The van der Waals surface area contributed by atoms with Gasteiger partial charge in [-0.1, -0.05) is 30.3 Å². The van der Waals surface area contributed by atoms with Crippen LogP contribution in [0.1, 0.15) is 79.8 Å². The molecule has 3 saturated carbocycles. The third-order valence-corrected chi connectivity index (χ3v) is 10.9. The van der Waals surface area contributed by atoms with Gasteiger partial charge in [-0.25, -0.2) is 9.59 Å². The number of ether oxygens (including phenoxy) is 2. The van der Waals surface area contributed by atoms with Crippen molar-refractivity contribution in [1.29, 1.82) is 0 Å². The molecule has 0 bridgehead atoms. The van der Waals surface area contributed by atoms with Crippen LogP contribution in [0.3, 0.4) is 0 Å². The second kappa shape index (κ2) is 13.5. The molecule has 254 valence electrons. The third kappa shape index (κ3) is 6.52. The summed E-state index contributed by atoms with van der Waals surface area (Å²) in [5.41, 5.74) is 11.1. The van der Waals surface area contributed by atoms with Crippen molar-refractivity contribution in [2.24, 2.45) is 11.7 Å². The molecule has 1 aromatic heterocycles. The Bertz CT molecular complexity index is 1620. The number of nitrogens with zero attached hydrogens (tertiary/aromatic N) is 4. The first-order chi connectivity index (χ1) is 23.3. The fraction of sp³-hybridized carbons (Fsp3) is 0.486. The average Bonchev–Trinajstić information content (AvgIpc) is 4.03. The van der Waals surface area contributed by atoms with Gasteiger partial charge in [0.25, 0.3) is 0 Å². The molecule has 0 spiro atoms. The lowest BCUT2D eigenvalue weighted by atomic mass is 9.89. The summed E-state index contributed by atoms with van der Waals surface area (Å²) in [6.45, 7) is 6.35. The molecule has 10 nitrogen and oxygen atoms in total. The Morgan fingerprint density at radius 2 is 1.90 bits per heavy atom. The van der Waals surface area contributed by atoms with Gasteiger partial charge in [0.05, 0.1) is 23.5 Å². The van der Waals surface area contributed by atoms with E-state index in [9.17, 15) is 9.59 Å². The molecule has 2 atom stereocenters. The Hall–Kier alpha value is -4.02. The Morgan fingerprint density at radius 3 is 2.56 bits per heavy atom. The summed E-state index contributed by atoms with van der Waals surface area (Å²) in [4.78, 5) is 37.6. The highest BCUT2D eigenvalue weighted by atomic mass is 35.5. The lowest BCUT2D eigenvalue weighted by Crippen LogP contribution is -2.50. The van der Waals surface area contributed by atoms with Crippen LogP contribution in [-0.2, 0) is 9.47 Å². The predicted octanol–water partition coefficient (Wildman–Crippen LogP) is 6.29. The zero-order valence-corrected chi connectivity index (χ0v) is 28.3. The monoisotopic (exact) mass is 672 g/mol. The van der Waals surface area contributed by atoms with E-state index in [4.69, 9.17) is 31.8 Å². The van der Waals surface area contributed by atoms with Crippen LogP contribution in [0.2, 0.25) is 5.02 Å². The number of aromatic nitrogens is 1. The van der Waals surface area contributed by atoms with E-state index in [0.29, 0.717) is 42.8 Å². The molecule has 4 fully saturated rings. The maximum Gasteiger partial charge on any atom is 0.410 e. The lowest BCUT2D eigenvalue weighted by Gasteiger charge is -2.39. The van der Waals surface area contributed by atoms with Crippen LogP contribution >= 0.6 is 11.6 Å². The van der Waals surface area contributed by atoms with Gasteiger partial charge in [0.2, 0.25) is 0 Å². The number of carbonyl (C=O) groups excluding carboxylic acids is 2. The molecule has 48 heavy (non-hydrogen) atoms. The van der Waals surface area contributed by atoms with Crippen LogP contribution in [0.4, 0.5) is 9.59 Å². The lowest BCUT2D eigenvalue weighted by molar-refractivity contribution is 0.0433. The molecule has 4 aliphatic carbocycles. The second-order valence-corrected chi connectivity index (χ2v) is 14.2. The Kier molecular flexibility index (Phi) is 9.13. The fourth-order valence-electron chi connectivity index (χ4n) is 7.68. The molecule has 2 aromatic rings. The van der Waals surface area contributed by atoms with Gasteiger partial charge in [-0.15, -0.1) is 0 Å². The topological polar surface area (TPSA) is 113 Å². The molecule has 7 rings (SSSR count). The standard InChI is InChI=1S/C37H45ClN6O4/c1-3-42(2)31(23-39)33(41-35(45)48-37(14-15-37)25-10-11-25)30-21-24-7-6-16-40-32(24)34(28-13-12-26(38)22-29(28)30)43-17-19-44(20-18-43)36(46)47-27-8-4-5-9-27/h3,6-7,12-13,16,21-23,25,27,33-34H,1,4-5,8-11,14-15,17-20,39H2,2H3,(H,41,45)/b31-23-/t33-,34+/m1/s1. The van der Waals surface area contributed by atoms with Crippen LogP contribution in [0.5, 0.6) is 0 Å². The predicted molar refractivity (Wildman–Crippen MR) is 186 cm³/mol. The number of rotatable bonds is 9. The van der Waals surface area contributed by atoms with Gasteiger partial charge < -0.3 is 30.3 Å². The van der Waals surface area contributed by atoms with Crippen molar-refractivity contribution in [2.75, 3.05) is 33.2 Å². The Labute approximate surface area is 287 Å². The first-order valence-corrected chi connectivity index (χ1v) is 17.6. The number of benzene rings is 1. The van der Waals surface area contributed by atoms with Gasteiger partial charge in [0.15, 0.2) is 0 Å². The summed E-state index contributed by atoms with van der Waals surface area (Å²) in [6.07, 6.45) is 14.5. The maximum absolute atomic E-state index is 13.7. The van der Waals surface area contributed by atoms with Crippen LogP contribution < -0.4 is 11.1 Å². The van der Waals surface area contributed by atoms with Crippen LogP contribution in [-0.4, -0.2) is 82.8 Å². The molecule has 1 saturated heterocycles. The summed E-state index contributed by atoms with van der Waals surface area (Å²) in [7, 11) is 1.85. The van der Waals surface area contributed by atoms with Gasteiger partial charge in [0.1, 0.15) is 11.7 Å². The number of likely N-dealkylation sites (N-methyl/N-ethyl adjacent to an activating group) is 1. The molecule has 11 heteroatoms. The van der Waals surface area contributed by atoms with E-state index < -0.39 is 12.1 Å². The Balaban J connectivity index is 1.23. The number of amides is 2. The zero-order chi connectivity index (χ0) is 33.4. The molecule has 2 amide bonds. The number of fused-ring (bicyclic) bond motifs is 2. The molecular weight excluding hydrogens is 628 g/mol. The highest BCUT2D eigenvalue weighted by molar-refractivity contribution is 6.30. The fourth-order valence-corrected chi connectivity index (χ4v) is 7.85. The highest BCUT2D eigenvalue weighted by Gasteiger charge is 2.57. The summed E-state index contributed by atoms with van der Waals surface area (Å²) < 4.78 is 11.9. The van der Waals surface area contributed by atoms with E-state index in [1.807, 2.05) is 48.5 Å². The van der Waals surface area contributed by atoms with E-state index in [2.05, 4.69) is 22.9 Å². The first kappa shape index (κ1) is 32.5. The van der Waals surface area contributed by atoms with E-state index in [1.165, 1.54) is 6.20 Å². The van der Waals surface area contributed by atoms with Crippen molar-refractivity contribution in [3.05, 3.63) is 88.6 Å². The molecule has 0 radical (unpaired) electrons. The smallest absolute Gasteiger partial charge is 0.410 e. The summed E-state index contributed by atoms with van der Waals surface area (Å²) >= 11 is 6.72. The highest BCUT2D eigenvalue weighted by Crippen LogP contribution is 2.56. The van der Waals surface area contributed by atoms with Gasteiger partial charge in [0, 0.05) is 50.6 Å². The van der Waals surface area contributed by atoms with Crippen molar-refractivity contribution < 1.29 is 19.1 Å². The molecule has 1 aromatic carbocycles. The van der Waals surface area contributed by atoms with Crippen molar-refractivity contribution in [3.63, 3.8) is 0 Å². The van der Waals surface area contributed by atoms with Gasteiger partial charge >= 0.3 is 12.2 Å².